The summed E-state index contributed by atoms with van der Waals surface area (Å²) in [5, 5.41) is 9.50. The number of carboxylic acid groups (broad SMARTS) is 1. The van der Waals surface area contributed by atoms with Gasteiger partial charge in [0.15, 0.2) is 0 Å². The lowest BCUT2D eigenvalue weighted by Crippen LogP contribution is -2.37. The van der Waals surface area contributed by atoms with Crippen LogP contribution in [0.15, 0.2) is 16.7 Å². The molecule has 1 aliphatic carbocycles. The minimum absolute atomic E-state index is 0.0983. The molecule has 0 bridgehead atoms. The molecule has 1 aromatic rings. The highest BCUT2D eigenvalue weighted by Crippen LogP contribution is 2.49. The fraction of sp³-hybridized carbons (Fsp3) is 0.571. The van der Waals surface area contributed by atoms with Crippen LogP contribution in [0.5, 0.6) is 0 Å². The molecule has 0 spiro atoms. The van der Waals surface area contributed by atoms with Crippen LogP contribution in [-0.2, 0) is 4.79 Å². The number of furan rings is 1. The average molecular weight is 263 g/mol. The number of carbonyl (C=O) groups is 2. The zero-order chi connectivity index (χ0) is 13.6. The monoisotopic (exact) mass is 263 g/mol. The topological polar surface area (TPSA) is 70.8 Å². The molecule has 0 aromatic carbocycles. The predicted octanol–water partition coefficient (Wildman–Crippen LogP) is 1.91. The van der Waals surface area contributed by atoms with Crippen molar-refractivity contribution in [1.82, 2.24) is 4.90 Å². The van der Waals surface area contributed by atoms with E-state index >= 15 is 0 Å². The molecule has 5 nitrogen and oxygen atoms in total. The molecule has 1 aromatic heterocycles. The van der Waals surface area contributed by atoms with Crippen LogP contribution in [0.2, 0.25) is 0 Å². The number of hydrogen-bond acceptors (Lipinski definition) is 3. The van der Waals surface area contributed by atoms with E-state index in [0.717, 1.165) is 12.8 Å². The van der Waals surface area contributed by atoms with Gasteiger partial charge in [-0.25, -0.2) is 0 Å². The number of fused-ring (bicyclic) bond motifs is 1. The molecule has 1 N–H and O–H groups in total. The van der Waals surface area contributed by atoms with Gasteiger partial charge in [-0.05, 0) is 31.7 Å². The minimum atomic E-state index is -0.755. The van der Waals surface area contributed by atoms with Crippen LogP contribution >= 0.6 is 0 Å². The molecule has 2 atom stereocenters. The third-order valence-corrected chi connectivity index (χ3v) is 4.67. The van der Waals surface area contributed by atoms with Gasteiger partial charge < -0.3 is 14.4 Å². The van der Waals surface area contributed by atoms with Gasteiger partial charge in [-0.15, -0.1) is 0 Å². The Hall–Kier alpha value is -1.78. The lowest BCUT2D eigenvalue weighted by atomic mass is 9.81. The zero-order valence-corrected chi connectivity index (χ0v) is 10.9. The van der Waals surface area contributed by atoms with E-state index < -0.39 is 11.4 Å². The number of aliphatic carboxylic acids is 1. The molecule has 2 fully saturated rings. The second-order valence-corrected chi connectivity index (χ2v) is 5.63. The van der Waals surface area contributed by atoms with Crippen molar-refractivity contribution in [3.05, 3.63) is 23.7 Å². The van der Waals surface area contributed by atoms with E-state index in [1.807, 2.05) is 0 Å². The summed E-state index contributed by atoms with van der Waals surface area (Å²) in [7, 11) is 0. The Labute approximate surface area is 111 Å². The number of rotatable bonds is 2. The lowest BCUT2D eigenvalue weighted by Gasteiger charge is -2.23. The first-order chi connectivity index (χ1) is 9.04. The summed E-state index contributed by atoms with van der Waals surface area (Å²) in [6.07, 6.45) is 4.03. The molecule has 1 aliphatic heterocycles. The number of nitrogens with zero attached hydrogens (tertiary/aromatic N) is 1. The fourth-order valence-electron chi connectivity index (χ4n) is 3.57. The first-order valence-electron chi connectivity index (χ1n) is 6.61. The van der Waals surface area contributed by atoms with E-state index in [0.29, 0.717) is 30.8 Å². The summed E-state index contributed by atoms with van der Waals surface area (Å²) in [5.74, 6) is -0.178. The molecule has 1 amide bonds. The normalized spacial score (nSPS) is 29.5. The van der Waals surface area contributed by atoms with Crippen molar-refractivity contribution in [2.24, 2.45) is 11.3 Å². The van der Waals surface area contributed by atoms with E-state index in [2.05, 4.69) is 0 Å². The van der Waals surface area contributed by atoms with Crippen LogP contribution in [0.3, 0.4) is 0 Å². The van der Waals surface area contributed by atoms with Crippen LogP contribution in [0.25, 0.3) is 0 Å². The van der Waals surface area contributed by atoms with Crippen molar-refractivity contribution in [1.29, 1.82) is 0 Å². The maximum absolute atomic E-state index is 12.4. The van der Waals surface area contributed by atoms with Gasteiger partial charge in [-0.1, -0.05) is 6.42 Å². The van der Waals surface area contributed by atoms with Gasteiger partial charge in [-0.2, -0.15) is 0 Å². The second kappa shape index (κ2) is 4.11. The highest BCUT2D eigenvalue weighted by molar-refractivity contribution is 5.96. The van der Waals surface area contributed by atoms with Crippen molar-refractivity contribution in [3.8, 4) is 0 Å². The summed E-state index contributed by atoms with van der Waals surface area (Å²) in [5.41, 5.74) is -0.173. The number of aryl methyl sites for hydroxylation is 1. The maximum atomic E-state index is 12.4. The number of carboxylic acids is 1. The molecule has 2 aliphatic rings. The summed E-state index contributed by atoms with van der Waals surface area (Å²) in [4.78, 5) is 25.6. The van der Waals surface area contributed by atoms with Crippen molar-refractivity contribution >= 4 is 11.9 Å². The smallest absolute Gasteiger partial charge is 0.311 e. The Balaban J connectivity index is 1.85. The van der Waals surface area contributed by atoms with Gasteiger partial charge in [0, 0.05) is 13.1 Å². The molecule has 19 heavy (non-hydrogen) atoms. The molecule has 5 heteroatoms. The van der Waals surface area contributed by atoms with Gasteiger partial charge in [0.05, 0.1) is 17.2 Å². The Kier molecular flexibility index (Phi) is 2.66. The molecule has 1 saturated heterocycles. The quantitative estimate of drug-likeness (QED) is 0.884. The SMILES string of the molecule is Cc1occc1C(=O)N1C[C@@H]2CCC[C@@]2(C(=O)O)C1. The number of hydrogen-bond donors (Lipinski definition) is 1. The molecule has 2 heterocycles. The summed E-state index contributed by atoms with van der Waals surface area (Å²) in [6, 6.07) is 1.65. The lowest BCUT2D eigenvalue weighted by molar-refractivity contribution is -0.149. The minimum Gasteiger partial charge on any atom is -0.481 e. The molecular formula is C14H17NO4. The Morgan fingerprint density at radius 3 is 2.89 bits per heavy atom. The van der Waals surface area contributed by atoms with E-state index in [1.165, 1.54) is 6.26 Å². The Morgan fingerprint density at radius 1 is 1.53 bits per heavy atom. The second-order valence-electron chi connectivity index (χ2n) is 5.63. The number of amides is 1. The average Bonchev–Trinajstić information content (AvgIpc) is 3.00. The Bertz CT molecular complexity index is 535. The molecule has 0 unspecified atom stereocenters. The van der Waals surface area contributed by atoms with Crippen LogP contribution in [0.1, 0.15) is 35.4 Å². The van der Waals surface area contributed by atoms with E-state index in [1.54, 1.807) is 17.9 Å². The van der Waals surface area contributed by atoms with Gasteiger partial charge in [0.25, 0.3) is 5.91 Å². The van der Waals surface area contributed by atoms with Crippen LogP contribution < -0.4 is 0 Å². The highest BCUT2D eigenvalue weighted by Gasteiger charge is 2.55. The van der Waals surface area contributed by atoms with Crippen LogP contribution in [0, 0.1) is 18.3 Å². The van der Waals surface area contributed by atoms with Gasteiger partial charge in [0.1, 0.15) is 5.76 Å². The summed E-state index contributed by atoms with van der Waals surface area (Å²) < 4.78 is 5.15. The summed E-state index contributed by atoms with van der Waals surface area (Å²) >= 11 is 0. The van der Waals surface area contributed by atoms with Crippen molar-refractivity contribution in [3.63, 3.8) is 0 Å². The first-order valence-corrected chi connectivity index (χ1v) is 6.61. The van der Waals surface area contributed by atoms with Crippen molar-refractivity contribution in [2.45, 2.75) is 26.2 Å². The first kappa shape index (κ1) is 12.3. The third kappa shape index (κ3) is 1.68. The van der Waals surface area contributed by atoms with Gasteiger partial charge in [0.2, 0.25) is 0 Å². The largest absolute Gasteiger partial charge is 0.481 e. The summed E-state index contributed by atoms with van der Waals surface area (Å²) in [6.45, 7) is 2.63. The Morgan fingerprint density at radius 2 is 2.32 bits per heavy atom. The van der Waals surface area contributed by atoms with E-state index in [9.17, 15) is 14.7 Å². The predicted molar refractivity (Wildman–Crippen MR) is 66.8 cm³/mol. The third-order valence-electron chi connectivity index (χ3n) is 4.67. The fourth-order valence-corrected chi connectivity index (χ4v) is 3.57. The zero-order valence-electron chi connectivity index (χ0n) is 10.9. The molecule has 1 saturated carbocycles. The maximum Gasteiger partial charge on any atom is 0.311 e. The highest BCUT2D eigenvalue weighted by atomic mass is 16.4. The van der Waals surface area contributed by atoms with Crippen molar-refractivity contribution in [2.75, 3.05) is 13.1 Å². The standard InChI is InChI=1S/C14H17NO4/c1-9-11(4-6-19-9)12(16)15-7-10-3-2-5-14(10,8-15)13(17)18/h4,6,10H,2-3,5,7-8H2,1H3,(H,17,18)/t10-,14+/m0/s1. The number of carbonyl (C=O) groups excluding carboxylic acids is 1. The molecule has 0 radical (unpaired) electrons. The van der Waals surface area contributed by atoms with Crippen molar-refractivity contribution < 1.29 is 19.1 Å². The number of likely N-dealkylation sites (tertiary alicyclic amines) is 1. The van der Waals surface area contributed by atoms with Gasteiger partial charge in [-0.3, -0.25) is 9.59 Å². The van der Waals surface area contributed by atoms with Gasteiger partial charge >= 0.3 is 5.97 Å². The van der Waals surface area contributed by atoms with E-state index in [-0.39, 0.29) is 11.8 Å². The molecule has 102 valence electrons. The molecule has 3 rings (SSSR count). The van der Waals surface area contributed by atoms with E-state index in [4.69, 9.17) is 4.42 Å². The van der Waals surface area contributed by atoms with Crippen LogP contribution in [-0.4, -0.2) is 35.0 Å². The van der Waals surface area contributed by atoms with Crippen LogP contribution in [0.4, 0.5) is 0 Å². The molecular weight excluding hydrogens is 246 g/mol.